The molecule has 1 amide bonds. The Morgan fingerprint density at radius 2 is 2.00 bits per heavy atom. The van der Waals surface area contributed by atoms with Crippen LogP contribution in [-0.4, -0.2) is 38.6 Å². The number of alkyl halides is 3. The van der Waals surface area contributed by atoms with E-state index in [2.05, 4.69) is 5.10 Å². The summed E-state index contributed by atoms with van der Waals surface area (Å²) in [5.74, 6) is -1.19. The van der Waals surface area contributed by atoms with Crippen LogP contribution in [0.2, 0.25) is 0 Å². The van der Waals surface area contributed by atoms with E-state index in [1.165, 1.54) is 0 Å². The van der Waals surface area contributed by atoms with Crippen molar-refractivity contribution in [3.05, 3.63) is 39.9 Å². The molecule has 0 bridgehead atoms. The van der Waals surface area contributed by atoms with Crippen LogP contribution in [0.15, 0.2) is 29.4 Å². The van der Waals surface area contributed by atoms with Crippen LogP contribution in [0.25, 0.3) is 0 Å². The Bertz CT molecular complexity index is 672. The van der Waals surface area contributed by atoms with E-state index >= 15 is 0 Å². The van der Waals surface area contributed by atoms with Gasteiger partial charge in [0.15, 0.2) is 0 Å². The second kappa shape index (κ2) is 5.61. The first-order valence-electron chi connectivity index (χ1n) is 6.54. The quantitative estimate of drug-likeness (QED) is 0.680. The van der Waals surface area contributed by atoms with Gasteiger partial charge in [-0.3, -0.25) is 14.9 Å². The van der Waals surface area contributed by atoms with Crippen LogP contribution in [0.3, 0.4) is 0 Å². The zero-order valence-corrected chi connectivity index (χ0v) is 11.9. The molecule has 0 saturated heterocycles. The minimum atomic E-state index is -5.09. The highest BCUT2D eigenvalue weighted by Gasteiger charge is 2.63. The van der Waals surface area contributed by atoms with Gasteiger partial charge in [0.05, 0.1) is 4.92 Å². The predicted molar refractivity (Wildman–Crippen MR) is 72.6 cm³/mol. The molecule has 1 aliphatic rings. The third-order valence-electron chi connectivity index (χ3n) is 3.42. The number of carbonyl (C=O) groups is 1. The van der Waals surface area contributed by atoms with Gasteiger partial charge in [-0.05, 0) is 18.6 Å². The van der Waals surface area contributed by atoms with Crippen LogP contribution >= 0.6 is 0 Å². The van der Waals surface area contributed by atoms with Gasteiger partial charge in [-0.15, -0.1) is 0 Å². The summed E-state index contributed by atoms with van der Waals surface area (Å²) < 4.78 is 39.4. The van der Waals surface area contributed by atoms with Crippen molar-refractivity contribution >= 4 is 17.3 Å². The average Bonchev–Trinajstić information content (AvgIpc) is 2.85. The van der Waals surface area contributed by atoms with Gasteiger partial charge in [0.25, 0.3) is 17.3 Å². The molecule has 0 aromatic heterocycles. The number of nitrogens with zero attached hydrogens (tertiary/aromatic N) is 3. The Morgan fingerprint density at radius 1 is 1.43 bits per heavy atom. The van der Waals surface area contributed by atoms with Gasteiger partial charge in [-0.2, -0.15) is 23.3 Å². The number of benzene rings is 1. The molecule has 0 radical (unpaired) electrons. The maximum atomic E-state index is 13.1. The maximum absolute atomic E-state index is 13.1. The third-order valence-corrected chi connectivity index (χ3v) is 3.42. The summed E-state index contributed by atoms with van der Waals surface area (Å²) in [5.41, 5.74) is -3.96. The topological polar surface area (TPSA) is 96.0 Å². The van der Waals surface area contributed by atoms with Crippen molar-refractivity contribution in [2.75, 3.05) is 0 Å². The van der Waals surface area contributed by atoms with Gasteiger partial charge in [0.1, 0.15) is 0 Å². The molecule has 1 atom stereocenters. The molecule has 1 heterocycles. The van der Waals surface area contributed by atoms with Gasteiger partial charge in [-0.25, -0.2) is 0 Å². The first-order chi connectivity index (χ1) is 10.6. The largest absolute Gasteiger partial charge is 0.438 e. The highest BCUT2D eigenvalue weighted by Crippen LogP contribution is 2.41. The monoisotopic (exact) mass is 331 g/mol. The summed E-state index contributed by atoms with van der Waals surface area (Å²) in [6, 6.07) is 3.99. The van der Waals surface area contributed by atoms with E-state index in [-0.39, 0.29) is 28.4 Å². The molecular formula is C13H12F3N3O4. The fourth-order valence-corrected chi connectivity index (χ4v) is 2.10. The van der Waals surface area contributed by atoms with Crippen LogP contribution in [-0.2, 0) is 0 Å². The van der Waals surface area contributed by atoms with Crippen molar-refractivity contribution in [3.8, 4) is 0 Å². The molecule has 7 nitrogen and oxygen atoms in total. The zero-order chi connectivity index (χ0) is 17.4. The lowest BCUT2D eigenvalue weighted by Crippen LogP contribution is -2.56. The van der Waals surface area contributed by atoms with Crippen molar-refractivity contribution in [2.45, 2.75) is 31.7 Å². The number of hydrazone groups is 1. The minimum absolute atomic E-state index is 0.00694. The van der Waals surface area contributed by atoms with Crippen molar-refractivity contribution in [2.24, 2.45) is 5.10 Å². The fraction of sp³-hybridized carbons (Fsp3) is 0.385. The number of aliphatic hydroxyl groups is 1. The van der Waals surface area contributed by atoms with E-state index in [9.17, 15) is 33.2 Å². The number of non-ortho nitro benzene ring substituents is 1. The van der Waals surface area contributed by atoms with E-state index < -0.39 is 29.2 Å². The zero-order valence-electron chi connectivity index (χ0n) is 11.9. The molecule has 1 aromatic rings. The maximum Gasteiger partial charge on any atom is 0.438 e. The molecule has 1 N–H and O–H groups in total. The first kappa shape index (κ1) is 16.9. The lowest BCUT2D eigenvalue weighted by Gasteiger charge is -2.32. The van der Waals surface area contributed by atoms with E-state index in [0.29, 0.717) is 0 Å². The van der Waals surface area contributed by atoms with E-state index in [0.717, 1.165) is 24.3 Å². The number of amides is 1. The van der Waals surface area contributed by atoms with Gasteiger partial charge in [0.2, 0.25) is 0 Å². The Labute approximate surface area is 128 Å². The molecule has 0 aliphatic carbocycles. The summed E-state index contributed by atoms with van der Waals surface area (Å²) in [4.78, 5) is 22.1. The molecule has 0 unspecified atom stereocenters. The Balaban J connectivity index is 2.38. The number of carbonyl (C=O) groups excluding carboxylic acids is 1. The smallest absolute Gasteiger partial charge is 0.362 e. The lowest BCUT2D eigenvalue weighted by molar-refractivity contribution is -0.384. The first-order valence-corrected chi connectivity index (χ1v) is 6.54. The number of hydrogen-bond acceptors (Lipinski definition) is 5. The van der Waals surface area contributed by atoms with Gasteiger partial charge in [0, 0.05) is 29.8 Å². The van der Waals surface area contributed by atoms with Crippen molar-refractivity contribution in [1.82, 2.24) is 5.01 Å². The van der Waals surface area contributed by atoms with Crippen LogP contribution in [0.5, 0.6) is 0 Å². The summed E-state index contributed by atoms with van der Waals surface area (Å²) in [7, 11) is 0. The summed E-state index contributed by atoms with van der Waals surface area (Å²) >= 11 is 0. The Hall–Kier alpha value is -2.49. The second-order valence-corrected chi connectivity index (χ2v) is 4.93. The van der Waals surface area contributed by atoms with Gasteiger partial charge in [-0.1, -0.05) is 6.92 Å². The molecule has 1 aliphatic heterocycles. The van der Waals surface area contributed by atoms with Crippen LogP contribution < -0.4 is 0 Å². The summed E-state index contributed by atoms with van der Waals surface area (Å²) in [5, 5.41) is 24.0. The molecule has 2 rings (SSSR count). The van der Waals surface area contributed by atoms with E-state index in [1.807, 2.05) is 0 Å². The molecule has 0 fully saturated rings. The number of hydrogen-bond donors (Lipinski definition) is 1. The third kappa shape index (κ3) is 2.89. The number of rotatable bonds is 3. The molecule has 124 valence electrons. The molecule has 0 saturated carbocycles. The van der Waals surface area contributed by atoms with Gasteiger partial charge < -0.3 is 5.11 Å². The highest BCUT2D eigenvalue weighted by atomic mass is 19.4. The SMILES string of the molecule is CCC1=NN(C(=O)c2ccc([N+](=O)[O-])cc2)[C@](O)(C(F)(F)F)C1. The number of nitro groups is 1. The van der Waals surface area contributed by atoms with Crippen molar-refractivity contribution in [1.29, 1.82) is 0 Å². The van der Waals surface area contributed by atoms with Gasteiger partial charge >= 0.3 is 6.18 Å². The average molecular weight is 331 g/mol. The van der Waals surface area contributed by atoms with Crippen molar-refractivity contribution in [3.63, 3.8) is 0 Å². The van der Waals surface area contributed by atoms with Crippen LogP contribution in [0.1, 0.15) is 30.1 Å². The van der Waals surface area contributed by atoms with Crippen LogP contribution in [0.4, 0.5) is 18.9 Å². The Kier molecular flexibility index (Phi) is 4.12. The highest BCUT2D eigenvalue weighted by molar-refractivity contribution is 5.98. The standard InChI is InChI=1S/C13H12F3N3O4/c1-2-9-7-12(21,13(14,15)16)18(17-9)11(20)8-3-5-10(6-4-8)19(22)23/h3-6,21H,2,7H2,1H3/t12-/m1/s1. The second-order valence-electron chi connectivity index (χ2n) is 4.93. The van der Waals surface area contributed by atoms with E-state index in [1.54, 1.807) is 6.92 Å². The summed E-state index contributed by atoms with van der Waals surface area (Å²) in [6.07, 6.45) is -5.78. The molecule has 10 heteroatoms. The minimum Gasteiger partial charge on any atom is -0.362 e. The molecule has 0 spiro atoms. The molecule has 1 aromatic carbocycles. The van der Waals surface area contributed by atoms with E-state index in [4.69, 9.17) is 0 Å². The van der Waals surface area contributed by atoms with Crippen molar-refractivity contribution < 1.29 is 28.0 Å². The normalized spacial score (nSPS) is 21.3. The van der Waals surface area contributed by atoms with Crippen LogP contribution in [0, 0.1) is 10.1 Å². The summed E-state index contributed by atoms with van der Waals surface area (Å²) in [6.45, 7) is 1.55. The molecule has 23 heavy (non-hydrogen) atoms. The Morgan fingerprint density at radius 3 is 2.43 bits per heavy atom. The number of halogens is 3. The molecular weight excluding hydrogens is 319 g/mol. The predicted octanol–water partition coefficient (Wildman–Crippen LogP) is 2.46. The lowest BCUT2D eigenvalue weighted by atomic mass is 10.0. The number of nitro benzene ring substituents is 1. The fourth-order valence-electron chi connectivity index (χ4n) is 2.10.